The van der Waals surface area contributed by atoms with Crippen LogP contribution in [0.1, 0.15) is 32.3 Å². The van der Waals surface area contributed by atoms with E-state index in [0.29, 0.717) is 0 Å². The van der Waals surface area contributed by atoms with Gasteiger partial charge in [-0.1, -0.05) is 26.0 Å². The Hall–Kier alpha value is -0.890. The molecule has 1 aliphatic carbocycles. The van der Waals surface area contributed by atoms with Gasteiger partial charge in [-0.2, -0.15) is 0 Å². The first-order valence-corrected chi connectivity index (χ1v) is 6.03. The molecule has 0 aromatic heterocycles. The van der Waals surface area contributed by atoms with Gasteiger partial charge in [-0.05, 0) is 42.4 Å². The van der Waals surface area contributed by atoms with Crippen molar-refractivity contribution in [1.82, 2.24) is 5.32 Å². The highest BCUT2D eigenvalue weighted by Gasteiger charge is 2.25. The van der Waals surface area contributed by atoms with Crippen molar-refractivity contribution < 1.29 is 4.39 Å². The maximum Gasteiger partial charge on any atom is 0.123 e. The van der Waals surface area contributed by atoms with Gasteiger partial charge in [0.2, 0.25) is 0 Å². The van der Waals surface area contributed by atoms with Crippen LogP contribution in [-0.2, 0) is 6.42 Å². The van der Waals surface area contributed by atoms with Gasteiger partial charge in [-0.15, -0.1) is 0 Å². The molecule has 16 heavy (non-hydrogen) atoms. The summed E-state index contributed by atoms with van der Waals surface area (Å²) in [5.74, 6) is -0.155. The Bertz CT molecular complexity index is 338. The van der Waals surface area contributed by atoms with Crippen LogP contribution in [0.2, 0.25) is 0 Å². The summed E-state index contributed by atoms with van der Waals surface area (Å²) in [7, 11) is 0. The van der Waals surface area contributed by atoms with Gasteiger partial charge >= 0.3 is 0 Å². The lowest BCUT2D eigenvalue weighted by atomic mass is 9.85. The van der Waals surface area contributed by atoms with Gasteiger partial charge in [-0.3, -0.25) is 0 Å². The van der Waals surface area contributed by atoms with E-state index in [9.17, 15) is 4.39 Å². The average molecular weight is 221 g/mol. The summed E-state index contributed by atoms with van der Waals surface area (Å²) in [4.78, 5) is 0. The van der Waals surface area contributed by atoms with Gasteiger partial charge in [-0.25, -0.2) is 4.39 Å². The van der Waals surface area contributed by atoms with E-state index in [1.165, 1.54) is 18.4 Å². The molecular formula is C14H20FN. The molecule has 1 nitrogen and oxygen atoms in total. The van der Waals surface area contributed by atoms with Crippen molar-refractivity contribution in [1.29, 1.82) is 0 Å². The monoisotopic (exact) mass is 221 g/mol. The molecular weight excluding hydrogens is 201 g/mol. The lowest BCUT2D eigenvalue weighted by Crippen LogP contribution is -2.32. The molecule has 2 rings (SSSR count). The van der Waals surface area contributed by atoms with Crippen molar-refractivity contribution in [2.75, 3.05) is 6.54 Å². The summed E-state index contributed by atoms with van der Waals surface area (Å²) in [5.41, 5.74) is 1.45. The van der Waals surface area contributed by atoms with Crippen LogP contribution in [0.3, 0.4) is 0 Å². The number of rotatable bonds is 5. The SMILES string of the molecule is CC(C)(CNC1CC1)Cc1ccc(F)cc1. The second-order valence-corrected chi connectivity index (χ2v) is 5.62. The number of halogens is 1. The molecule has 1 N–H and O–H groups in total. The Labute approximate surface area is 97.1 Å². The highest BCUT2D eigenvalue weighted by Crippen LogP contribution is 2.24. The van der Waals surface area contributed by atoms with Gasteiger partial charge in [0.25, 0.3) is 0 Å². The first-order valence-electron chi connectivity index (χ1n) is 6.03. The fraction of sp³-hybridized carbons (Fsp3) is 0.571. The summed E-state index contributed by atoms with van der Waals surface area (Å²) in [5, 5.41) is 3.55. The minimum Gasteiger partial charge on any atom is -0.313 e. The van der Waals surface area contributed by atoms with Crippen LogP contribution in [0.25, 0.3) is 0 Å². The number of hydrogen-bond acceptors (Lipinski definition) is 1. The molecule has 0 aliphatic heterocycles. The van der Waals surface area contributed by atoms with Crippen molar-refractivity contribution in [3.8, 4) is 0 Å². The Kier molecular flexibility index (Phi) is 3.29. The molecule has 2 heteroatoms. The Morgan fingerprint density at radius 1 is 1.25 bits per heavy atom. The summed E-state index contributed by atoms with van der Waals surface area (Å²) >= 11 is 0. The first kappa shape index (κ1) is 11.6. The van der Waals surface area contributed by atoms with Crippen LogP contribution in [0.15, 0.2) is 24.3 Å². The van der Waals surface area contributed by atoms with Gasteiger partial charge in [0.15, 0.2) is 0 Å². The van der Waals surface area contributed by atoms with Crippen LogP contribution in [0.4, 0.5) is 4.39 Å². The minimum atomic E-state index is -0.155. The molecule has 88 valence electrons. The Balaban J connectivity index is 1.87. The smallest absolute Gasteiger partial charge is 0.123 e. The first-order chi connectivity index (χ1) is 7.55. The second kappa shape index (κ2) is 4.54. The minimum absolute atomic E-state index is 0.155. The molecule has 0 amide bonds. The molecule has 0 spiro atoms. The molecule has 1 aromatic rings. The van der Waals surface area contributed by atoms with E-state index in [2.05, 4.69) is 19.2 Å². The lowest BCUT2D eigenvalue weighted by molar-refractivity contribution is 0.337. The molecule has 1 saturated carbocycles. The zero-order chi connectivity index (χ0) is 11.6. The highest BCUT2D eigenvalue weighted by molar-refractivity contribution is 5.17. The average Bonchev–Trinajstić information content (AvgIpc) is 3.02. The van der Waals surface area contributed by atoms with Crippen LogP contribution >= 0.6 is 0 Å². The summed E-state index contributed by atoms with van der Waals surface area (Å²) < 4.78 is 12.8. The number of benzene rings is 1. The molecule has 0 saturated heterocycles. The molecule has 0 bridgehead atoms. The number of nitrogens with one attached hydrogen (secondary N) is 1. The van der Waals surface area contributed by atoms with Crippen molar-refractivity contribution in [2.24, 2.45) is 5.41 Å². The van der Waals surface area contributed by atoms with E-state index in [-0.39, 0.29) is 11.2 Å². The van der Waals surface area contributed by atoms with Crippen LogP contribution in [0.5, 0.6) is 0 Å². The molecule has 0 unspecified atom stereocenters. The third-order valence-corrected chi connectivity index (χ3v) is 3.04. The molecule has 1 aliphatic rings. The van der Waals surface area contributed by atoms with Gasteiger partial charge in [0, 0.05) is 12.6 Å². The maximum atomic E-state index is 12.8. The predicted octanol–water partition coefficient (Wildman–Crippen LogP) is 3.15. The van der Waals surface area contributed by atoms with E-state index in [4.69, 9.17) is 0 Å². The Morgan fingerprint density at radius 3 is 2.44 bits per heavy atom. The summed E-state index contributed by atoms with van der Waals surface area (Å²) in [6.07, 6.45) is 3.65. The third kappa shape index (κ3) is 3.60. The zero-order valence-electron chi connectivity index (χ0n) is 10.1. The highest BCUT2D eigenvalue weighted by atomic mass is 19.1. The standard InChI is InChI=1S/C14H20FN/c1-14(2,10-16-13-7-8-13)9-11-3-5-12(15)6-4-11/h3-6,13,16H,7-10H2,1-2H3. The Morgan fingerprint density at radius 2 is 1.88 bits per heavy atom. The van der Waals surface area contributed by atoms with E-state index in [1.807, 2.05) is 12.1 Å². The van der Waals surface area contributed by atoms with E-state index >= 15 is 0 Å². The fourth-order valence-corrected chi connectivity index (χ4v) is 1.93. The molecule has 0 atom stereocenters. The largest absolute Gasteiger partial charge is 0.313 e. The van der Waals surface area contributed by atoms with Gasteiger partial charge < -0.3 is 5.32 Å². The predicted molar refractivity (Wildman–Crippen MR) is 64.9 cm³/mol. The van der Waals surface area contributed by atoms with Crippen LogP contribution < -0.4 is 5.32 Å². The summed E-state index contributed by atoms with van der Waals surface area (Å²) in [6.45, 7) is 5.55. The zero-order valence-corrected chi connectivity index (χ0v) is 10.1. The van der Waals surface area contributed by atoms with Crippen molar-refractivity contribution in [3.05, 3.63) is 35.6 Å². The quantitative estimate of drug-likeness (QED) is 0.805. The van der Waals surface area contributed by atoms with Crippen molar-refractivity contribution >= 4 is 0 Å². The van der Waals surface area contributed by atoms with Gasteiger partial charge in [0.05, 0.1) is 0 Å². The number of hydrogen-bond donors (Lipinski definition) is 1. The van der Waals surface area contributed by atoms with E-state index in [1.54, 1.807) is 12.1 Å². The molecule has 0 radical (unpaired) electrons. The lowest BCUT2D eigenvalue weighted by Gasteiger charge is -2.25. The molecule has 1 aromatic carbocycles. The van der Waals surface area contributed by atoms with E-state index in [0.717, 1.165) is 19.0 Å². The molecule has 1 fully saturated rings. The summed E-state index contributed by atoms with van der Waals surface area (Å²) in [6, 6.07) is 7.61. The third-order valence-electron chi connectivity index (χ3n) is 3.04. The van der Waals surface area contributed by atoms with E-state index < -0.39 is 0 Å². The normalized spacial score (nSPS) is 16.4. The van der Waals surface area contributed by atoms with Gasteiger partial charge in [0.1, 0.15) is 5.82 Å². The van der Waals surface area contributed by atoms with Crippen LogP contribution in [0, 0.1) is 11.2 Å². The molecule has 0 heterocycles. The second-order valence-electron chi connectivity index (χ2n) is 5.62. The van der Waals surface area contributed by atoms with Crippen LogP contribution in [-0.4, -0.2) is 12.6 Å². The maximum absolute atomic E-state index is 12.8. The topological polar surface area (TPSA) is 12.0 Å². The van der Waals surface area contributed by atoms with Crippen molar-refractivity contribution in [3.63, 3.8) is 0 Å². The fourth-order valence-electron chi connectivity index (χ4n) is 1.93. The van der Waals surface area contributed by atoms with Crippen molar-refractivity contribution in [2.45, 2.75) is 39.2 Å².